The second kappa shape index (κ2) is 46.2. The number of aryl methyl sites for hydroxylation is 9. The molecule has 4 nitrogen and oxygen atoms in total. The average Bonchev–Trinajstić information content (AvgIpc) is 1.54. The van der Waals surface area contributed by atoms with Crippen LogP contribution in [0.1, 0.15) is 273 Å². The van der Waals surface area contributed by atoms with Crippen LogP contribution >= 0.6 is 0 Å². The molecule has 0 amide bonds. The van der Waals surface area contributed by atoms with Gasteiger partial charge in [-0.1, -0.05) is 351 Å². The first-order valence-corrected chi connectivity index (χ1v) is 48.2. The fourth-order valence-electron chi connectivity index (χ4n) is 21.0. The topological polar surface area (TPSA) is 36.9 Å². The molecule has 1 fully saturated rings. The highest BCUT2D eigenvalue weighted by atomic mass is 16.5. The molecule has 1 heterocycles. The molecule has 1 aliphatic heterocycles. The minimum absolute atomic E-state index is 0.0560. The van der Waals surface area contributed by atoms with E-state index in [1.807, 2.05) is 24.3 Å². The van der Waals surface area contributed by atoms with Crippen molar-refractivity contribution in [1.29, 1.82) is 0 Å². The van der Waals surface area contributed by atoms with Crippen molar-refractivity contribution in [3.05, 3.63) is 400 Å². The van der Waals surface area contributed by atoms with Crippen LogP contribution in [0.15, 0.2) is 294 Å². The summed E-state index contributed by atoms with van der Waals surface area (Å²) < 4.78 is 23.9. The third kappa shape index (κ3) is 22.4. The van der Waals surface area contributed by atoms with Crippen molar-refractivity contribution >= 4 is 0 Å². The Morgan fingerprint density at radius 1 is 0.291 bits per heavy atom. The van der Waals surface area contributed by atoms with E-state index in [1.165, 1.54) is 218 Å². The molecule has 127 heavy (non-hydrogen) atoms. The lowest BCUT2D eigenvalue weighted by Crippen LogP contribution is -2.46. The maximum absolute atomic E-state index is 6.27. The zero-order valence-electron chi connectivity index (χ0n) is 79.3. The Morgan fingerprint density at radius 3 is 0.882 bits per heavy atom. The predicted molar refractivity (Wildman–Crippen MR) is 545 cm³/mol. The number of allylic oxidation sites excluding steroid dienone is 10. The number of benzene rings is 10. The van der Waals surface area contributed by atoms with Crippen molar-refractivity contribution in [2.24, 2.45) is 5.41 Å². The van der Waals surface area contributed by atoms with Crippen molar-refractivity contribution in [1.82, 2.24) is 0 Å². The monoisotopic (exact) mass is 1690 g/mol. The zero-order chi connectivity index (χ0) is 89.8. The summed E-state index contributed by atoms with van der Waals surface area (Å²) in [6.45, 7) is 50.4. The first-order valence-electron chi connectivity index (χ1n) is 48.2. The van der Waals surface area contributed by atoms with E-state index in [4.69, 9.17) is 18.9 Å². The van der Waals surface area contributed by atoms with Crippen LogP contribution in [0.5, 0.6) is 5.75 Å². The minimum atomic E-state index is -0.374. The van der Waals surface area contributed by atoms with Gasteiger partial charge in [0.05, 0.1) is 30.7 Å². The molecule has 10 aromatic rings. The second-order valence-corrected chi connectivity index (χ2v) is 37.6. The summed E-state index contributed by atoms with van der Waals surface area (Å²) >= 11 is 0. The molecule has 15 rings (SSSR count). The van der Waals surface area contributed by atoms with Crippen molar-refractivity contribution < 1.29 is 18.9 Å². The third-order valence-electron chi connectivity index (χ3n) is 28.1. The summed E-state index contributed by atoms with van der Waals surface area (Å²) in [5.74, 6) is 0.921. The molecule has 0 unspecified atom stereocenters. The van der Waals surface area contributed by atoms with Crippen molar-refractivity contribution in [2.75, 3.05) is 46.2 Å². The molecule has 0 atom stereocenters. The van der Waals surface area contributed by atoms with Crippen LogP contribution in [-0.2, 0) is 35.9 Å². The fraction of sp³-hybridized carbons (Fsp3) is 0.382. The molecule has 0 bridgehead atoms. The minimum Gasteiger partial charge on any atom is -0.493 e. The summed E-state index contributed by atoms with van der Waals surface area (Å²) in [5.41, 5.74) is 37.7. The molecule has 0 spiro atoms. The quantitative estimate of drug-likeness (QED) is 0.0217. The molecule has 0 radical (unpaired) electrons. The predicted octanol–water partition coefficient (Wildman–Crippen LogP) is 33.1. The Hall–Kier alpha value is -10.2. The van der Waals surface area contributed by atoms with Gasteiger partial charge in [-0.05, 0) is 297 Å². The summed E-state index contributed by atoms with van der Waals surface area (Å²) in [4.78, 5) is 0. The van der Waals surface area contributed by atoms with Crippen LogP contribution < -0.4 is 4.74 Å². The number of unbranched alkanes of at least 4 members (excludes halogenated alkanes) is 12. The van der Waals surface area contributed by atoms with Crippen LogP contribution in [0.4, 0.5) is 0 Å². The molecular weight excluding hydrogens is 1540 g/mol. The second-order valence-electron chi connectivity index (χ2n) is 37.6. The summed E-state index contributed by atoms with van der Waals surface area (Å²) in [7, 11) is 0. The lowest BCUT2D eigenvalue weighted by Gasteiger charge is -2.40. The van der Waals surface area contributed by atoms with Gasteiger partial charge in [-0.3, -0.25) is 0 Å². The highest BCUT2D eigenvalue weighted by Gasteiger charge is 2.49. The van der Waals surface area contributed by atoms with Crippen molar-refractivity contribution in [3.8, 4) is 50.3 Å². The molecule has 664 valence electrons. The van der Waals surface area contributed by atoms with E-state index in [0.29, 0.717) is 6.61 Å². The Balaban J connectivity index is 0.000000154. The van der Waals surface area contributed by atoms with Gasteiger partial charge in [0.2, 0.25) is 0 Å². The SMILES string of the molecule is C=CC=CCCCC1(CCCC=CC=C)c2cc(C)ccc2-c2ccc(C)cc21.C=CCCCCCCC1(CCCCCCC=C)c2cc(C)ccc2-c2ccc(C)cc21.C=CCCCOCCC1(CCOCCCC=C)c2cc(C)ccc2-c2ccc(C)cc21.CCC1(COc2ccc(C3(c4ccc(C)cc4)c4cc(C)ccc4-c4ccc(C)cc43)cc2)COC1. The van der Waals surface area contributed by atoms with Crippen LogP contribution in [0.2, 0.25) is 0 Å². The third-order valence-corrected chi connectivity index (χ3v) is 28.1. The summed E-state index contributed by atoms with van der Waals surface area (Å²) in [5, 5.41) is 0. The highest BCUT2D eigenvalue weighted by Crippen LogP contribution is 2.60. The summed E-state index contributed by atoms with van der Waals surface area (Å²) in [6, 6.07) is 74.1. The van der Waals surface area contributed by atoms with E-state index in [1.54, 1.807) is 22.3 Å². The van der Waals surface area contributed by atoms with E-state index in [-0.39, 0.29) is 27.1 Å². The number of fused-ring (bicyclic) bond motifs is 12. The largest absolute Gasteiger partial charge is 0.493 e. The Labute approximate surface area is 767 Å². The van der Waals surface area contributed by atoms with Gasteiger partial charge < -0.3 is 18.9 Å². The number of hydrogen-bond donors (Lipinski definition) is 0. The molecule has 4 aliphatic carbocycles. The first kappa shape index (κ1) is 95.9. The smallest absolute Gasteiger partial charge is 0.119 e. The van der Waals surface area contributed by atoms with Crippen LogP contribution in [0.3, 0.4) is 0 Å². The highest BCUT2D eigenvalue weighted by molar-refractivity contribution is 5.88. The van der Waals surface area contributed by atoms with E-state index in [9.17, 15) is 0 Å². The Kier molecular flexibility index (Phi) is 34.9. The van der Waals surface area contributed by atoms with Crippen LogP contribution in [-0.4, -0.2) is 46.2 Å². The molecule has 4 heteroatoms. The number of rotatable bonds is 44. The van der Waals surface area contributed by atoms with Gasteiger partial charge in [-0.15, -0.1) is 26.3 Å². The van der Waals surface area contributed by atoms with Gasteiger partial charge in [0.25, 0.3) is 0 Å². The van der Waals surface area contributed by atoms with Gasteiger partial charge in [0.15, 0.2) is 0 Å². The van der Waals surface area contributed by atoms with Crippen molar-refractivity contribution in [3.63, 3.8) is 0 Å². The van der Waals surface area contributed by atoms with Gasteiger partial charge >= 0.3 is 0 Å². The lowest BCUT2D eigenvalue weighted by atomic mass is 9.67. The standard InChI is InChI=1S/C34H34O2.C31H42.C29H38O2.C29H34/c1-5-33(20-35-21-33)22-36-28-14-12-27(13-15-28)34(26-10-6-23(2)7-11-26)31-18-24(3)8-16-29(31)30-17-9-25(4)19-32(30)34;1-5-7-9-11-13-15-21-31(22-16-14-12-10-8-6-2)29-23-25(3)17-19-27(29)28-20-18-26(4)24-30(28)31;1-5-7-9-17-30-19-15-29(16-20-31-18-10-8-6-2)27-21-23(3)11-13-25(27)26-14-12-24(4)22-28(26)29;1-5-7-9-11-13-19-29(20-14-12-10-8-6-2)27-21-23(3)15-17-25(27)26-18-16-24(4)22-28(26)29/h6-19H,5,20-22H2,1-4H3;5-6,17-20,23-24H,1-2,7-16,21-22H2,3-4H3;5-6,11-14,21-22H,1-2,7-10,15-20H2,3-4H3;5-10,15-18,21-22H,1-2,11-14,19-20H2,3-4H3. The first-order chi connectivity index (χ1) is 61.8. The van der Waals surface area contributed by atoms with Crippen molar-refractivity contribution in [2.45, 2.75) is 251 Å². The van der Waals surface area contributed by atoms with Gasteiger partial charge in [-0.2, -0.15) is 0 Å². The maximum atomic E-state index is 6.27. The van der Waals surface area contributed by atoms with Gasteiger partial charge in [0.1, 0.15) is 5.75 Å². The van der Waals surface area contributed by atoms with E-state index < -0.39 is 0 Å². The molecule has 0 saturated carbocycles. The molecule has 0 N–H and O–H groups in total. The zero-order valence-corrected chi connectivity index (χ0v) is 79.3. The lowest BCUT2D eigenvalue weighted by molar-refractivity contribution is -0.133. The summed E-state index contributed by atoms with van der Waals surface area (Å²) in [6.07, 6.45) is 49.8. The van der Waals surface area contributed by atoms with Gasteiger partial charge in [-0.25, -0.2) is 0 Å². The number of hydrogen-bond acceptors (Lipinski definition) is 4. The fourth-order valence-corrected chi connectivity index (χ4v) is 21.0. The molecule has 0 aromatic heterocycles. The Morgan fingerprint density at radius 2 is 0.575 bits per heavy atom. The van der Waals surface area contributed by atoms with Crippen LogP contribution in [0.25, 0.3) is 44.5 Å². The molecule has 10 aromatic carbocycles. The van der Waals surface area contributed by atoms with E-state index in [2.05, 4.69) is 339 Å². The Bertz CT molecular complexity index is 4980. The van der Waals surface area contributed by atoms with Gasteiger partial charge in [0, 0.05) is 42.7 Å². The average molecular weight is 1690 g/mol. The molecule has 1 saturated heterocycles. The number of ether oxygens (including phenoxy) is 4. The normalized spacial score (nSPS) is 14.6. The van der Waals surface area contributed by atoms with E-state index in [0.717, 1.165) is 116 Å². The maximum Gasteiger partial charge on any atom is 0.119 e. The van der Waals surface area contributed by atoms with E-state index >= 15 is 0 Å². The van der Waals surface area contributed by atoms with Crippen LogP contribution in [0, 0.1) is 67.7 Å². The molecule has 5 aliphatic rings. The molecular formula is C123H148O4.